The Labute approximate surface area is 158 Å². The van der Waals surface area contributed by atoms with Crippen molar-refractivity contribution in [3.63, 3.8) is 0 Å². The second kappa shape index (κ2) is 10.5. The van der Waals surface area contributed by atoms with Gasteiger partial charge < -0.3 is 15.4 Å². The molecule has 0 heterocycles. The fourth-order valence-corrected chi connectivity index (χ4v) is 2.79. The van der Waals surface area contributed by atoms with Gasteiger partial charge in [-0.1, -0.05) is 45.0 Å². The molecule has 0 aromatic heterocycles. The summed E-state index contributed by atoms with van der Waals surface area (Å²) in [4.78, 5) is 4.21. The Morgan fingerprint density at radius 1 is 1.15 bits per heavy atom. The molecule has 1 aromatic carbocycles. The smallest absolute Gasteiger partial charge is 0.191 e. The van der Waals surface area contributed by atoms with E-state index in [4.69, 9.17) is 4.74 Å². The van der Waals surface area contributed by atoms with Gasteiger partial charge >= 0.3 is 0 Å². The Kier molecular flexibility index (Phi) is 9.08. The summed E-state index contributed by atoms with van der Waals surface area (Å²) in [7, 11) is -1.24. The summed E-state index contributed by atoms with van der Waals surface area (Å²) >= 11 is 0. The molecule has 2 N–H and O–H groups in total. The van der Waals surface area contributed by atoms with Crippen LogP contribution in [-0.4, -0.2) is 59.7 Å². The fourth-order valence-electron chi connectivity index (χ4n) is 2.37. The van der Waals surface area contributed by atoms with Gasteiger partial charge in [0.05, 0.1) is 19.0 Å². The van der Waals surface area contributed by atoms with Crippen LogP contribution in [0.25, 0.3) is 0 Å². The Hall–Kier alpha value is -1.60. The first-order valence-electron chi connectivity index (χ1n) is 8.97. The van der Waals surface area contributed by atoms with Gasteiger partial charge in [0.25, 0.3) is 0 Å². The second-order valence-corrected chi connectivity index (χ2v) is 9.29. The van der Waals surface area contributed by atoms with Crippen molar-refractivity contribution in [3.8, 4) is 0 Å². The van der Waals surface area contributed by atoms with Crippen LogP contribution in [0.15, 0.2) is 29.3 Å². The highest BCUT2D eigenvalue weighted by atomic mass is 32.2. The highest BCUT2D eigenvalue weighted by Crippen LogP contribution is 2.22. The largest absolute Gasteiger partial charge is 0.379 e. The molecular weight excluding hydrogens is 350 g/mol. The van der Waals surface area contributed by atoms with Crippen molar-refractivity contribution in [2.24, 2.45) is 4.99 Å². The third kappa shape index (κ3) is 8.67. The Morgan fingerprint density at radius 3 is 2.35 bits per heavy atom. The maximum atomic E-state index is 11.0. The highest BCUT2D eigenvalue weighted by Gasteiger charge is 2.20. The van der Waals surface area contributed by atoms with E-state index in [-0.39, 0.29) is 17.8 Å². The molecule has 6 nitrogen and oxygen atoms in total. The standard InChI is InChI=1S/C19H33N3O3S/c1-6-16-7-9-17(10-8-16)19(2,3)15-22-18(20-4)21-11-12-25-13-14-26(5,23)24/h7-10H,6,11-15H2,1-5H3,(H2,20,21,22). The maximum absolute atomic E-state index is 11.0. The number of nitrogens with zero attached hydrogens (tertiary/aromatic N) is 1. The molecule has 1 rings (SSSR count). The summed E-state index contributed by atoms with van der Waals surface area (Å²) in [5.41, 5.74) is 2.59. The number of nitrogens with one attached hydrogen (secondary N) is 2. The van der Waals surface area contributed by atoms with Gasteiger partial charge in [-0.15, -0.1) is 0 Å². The molecule has 0 atom stereocenters. The quantitative estimate of drug-likeness (QED) is 0.366. The summed E-state index contributed by atoms with van der Waals surface area (Å²) < 4.78 is 27.4. The lowest BCUT2D eigenvalue weighted by molar-refractivity contribution is 0.154. The van der Waals surface area contributed by atoms with E-state index in [0.29, 0.717) is 19.1 Å². The number of sulfone groups is 1. The van der Waals surface area contributed by atoms with Crippen molar-refractivity contribution < 1.29 is 13.2 Å². The van der Waals surface area contributed by atoms with Gasteiger partial charge in [0.1, 0.15) is 9.84 Å². The van der Waals surface area contributed by atoms with Crippen molar-refractivity contribution in [1.29, 1.82) is 0 Å². The molecule has 0 amide bonds. The lowest BCUT2D eigenvalue weighted by atomic mass is 9.84. The highest BCUT2D eigenvalue weighted by molar-refractivity contribution is 7.90. The number of rotatable bonds is 10. The number of aliphatic imine (C=N–C) groups is 1. The van der Waals surface area contributed by atoms with Crippen molar-refractivity contribution in [1.82, 2.24) is 10.6 Å². The van der Waals surface area contributed by atoms with E-state index in [1.807, 2.05) is 0 Å². The minimum Gasteiger partial charge on any atom is -0.379 e. The van der Waals surface area contributed by atoms with Gasteiger partial charge in [-0.3, -0.25) is 4.99 Å². The third-order valence-electron chi connectivity index (χ3n) is 4.20. The van der Waals surface area contributed by atoms with Crippen LogP contribution < -0.4 is 10.6 Å². The van der Waals surface area contributed by atoms with Crippen LogP contribution in [0.5, 0.6) is 0 Å². The van der Waals surface area contributed by atoms with Gasteiger partial charge in [-0.2, -0.15) is 0 Å². The molecule has 0 aliphatic carbocycles. The van der Waals surface area contributed by atoms with Crippen LogP contribution in [0.3, 0.4) is 0 Å². The van der Waals surface area contributed by atoms with Gasteiger partial charge in [-0.25, -0.2) is 8.42 Å². The van der Waals surface area contributed by atoms with Gasteiger partial charge in [-0.05, 0) is 17.5 Å². The average Bonchev–Trinajstić information content (AvgIpc) is 2.59. The minimum atomic E-state index is -2.97. The molecule has 0 unspecified atom stereocenters. The lowest BCUT2D eigenvalue weighted by Gasteiger charge is -2.27. The zero-order valence-corrected chi connectivity index (χ0v) is 17.4. The maximum Gasteiger partial charge on any atom is 0.191 e. The van der Waals surface area contributed by atoms with Crippen LogP contribution in [0, 0.1) is 0 Å². The molecule has 0 saturated heterocycles. The molecule has 7 heteroatoms. The average molecular weight is 384 g/mol. The number of hydrogen-bond donors (Lipinski definition) is 2. The molecule has 0 fully saturated rings. The number of benzene rings is 1. The Bertz CT molecular complexity index is 668. The van der Waals surface area contributed by atoms with Gasteiger partial charge in [0.15, 0.2) is 5.96 Å². The predicted molar refractivity (Wildman–Crippen MR) is 109 cm³/mol. The van der Waals surface area contributed by atoms with Crippen LogP contribution in [-0.2, 0) is 26.4 Å². The first-order valence-corrected chi connectivity index (χ1v) is 11.0. The number of hydrogen-bond acceptors (Lipinski definition) is 4. The van der Waals surface area contributed by atoms with Crippen molar-refractivity contribution in [2.75, 3.05) is 45.4 Å². The molecule has 1 aromatic rings. The number of ether oxygens (including phenoxy) is 1. The SMILES string of the molecule is CCc1ccc(C(C)(C)CNC(=NC)NCCOCCS(C)(=O)=O)cc1. The van der Waals surface area contributed by atoms with E-state index < -0.39 is 9.84 Å². The van der Waals surface area contributed by atoms with Crippen LogP contribution in [0.1, 0.15) is 31.9 Å². The second-order valence-electron chi connectivity index (χ2n) is 7.03. The Balaban J connectivity index is 2.38. The van der Waals surface area contributed by atoms with Gasteiger partial charge in [0.2, 0.25) is 0 Å². The molecule has 0 saturated carbocycles. The summed E-state index contributed by atoms with van der Waals surface area (Å²) in [5, 5.41) is 6.51. The van der Waals surface area contributed by atoms with Gasteiger partial charge in [0, 0.05) is 31.8 Å². The van der Waals surface area contributed by atoms with E-state index in [1.54, 1.807) is 7.05 Å². The molecule has 0 radical (unpaired) electrons. The van der Waals surface area contributed by atoms with Crippen molar-refractivity contribution >= 4 is 15.8 Å². The summed E-state index contributed by atoms with van der Waals surface area (Å²) in [6, 6.07) is 8.73. The zero-order chi connectivity index (χ0) is 19.6. The summed E-state index contributed by atoms with van der Waals surface area (Å²) in [5.74, 6) is 0.750. The molecule has 148 valence electrons. The first kappa shape index (κ1) is 22.4. The predicted octanol–water partition coefficient (Wildman–Crippen LogP) is 1.75. The molecule has 0 aliphatic heterocycles. The first-order chi connectivity index (χ1) is 12.2. The van der Waals surface area contributed by atoms with Crippen LogP contribution in [0.2, 0.25) is 0 Å². The van der Waals surface area contributed by atoms with Crippen molar-refractivity contribution in [2.45, 2.75) is 32.6 Å². The van der Waals surface area contributed by atoms with Crippen molar-refractivity contribution in [3.05, 3.63) is 35.4 Å². The van der Waals surface area contributed by atoms with E-state index >= 15 is 0 Å². The van der Waals surface area contributed by atoms with E-state index in [0.717, 1.165) is 13.0 Å². The number of guanidine groups is 1. The molecular formula is C19H33N3O3S. The van der Waals surface area contributed by atoms with E-state index in [2.05, 4.69) is 60.7 Å². The third-order valence-corrected chi connectivity index (χ3v) is 5.11. The topological polar surface area (TPSA) is 79.8 Å². The molecule has 0 bridgehead atoms. The minimum absolute atomic E-state index is 0.0319. The van der Waals surface area contributed by atoms with Crippen LogP contribution >= 0.6 is 0 Å². The lowest BCUT2D eigenvalue weighted by Crippen LogP contribution is -2.44. The van der Waals surface area contributed by atoms with Crippen LogP contribution in [0.4, 0.5) is 0 Å². The number of aryl methyl sites for hydroxylation is 1. The molecule has 0 spiro atoms. The monoisotopic (exact) mass is 383 g/mol. The van der Waals surface area contributed by atoms with E-state index in [9.17, 15) is 8.42 Å². The normalized spacial score (nSPS) is 12.9. The fraction of sp³-hybridized carbons (Fsp3) is 0.632. The van der Waals surface area contributed by atoms with E-state index in [1.165, 1.54) is 17.4 Å². The zero-order valence-electron chi connectivity index (χ0n) is 16.6. The molecule has 26 heavy (non-hydrogen) atoms. The summed E-state index contributed by atoms with van der Waals surface area (Å²) in [6.45, 7) is 8.50. The Morgan fingerprint density at radius 2 is 1.81 bits per heavy atom. The molecule has 0 aliphatic rings. The summed E-state index contributed by atoms with van der Waals surface area (Å²) in [6.07, 6.45) is 2.25.